The summed E-state index contributed by atoms with van der Waals surface area (Å²) in [4.78, 5) is 27.6. The molecule has 0 spiro atoms. The number of carbonyl (C=O) groups is 2. The van der Waals surface area contributed by atoms with E-state index in [2.05, 4.69) is 5.32 Å². The Morgan fingerprint density at radius 2 is 1.79 bits per heavy atom. The molecule has 3 aromatic carbocycles. The number of hydrogen-bond donors (Lipinski definition) is 1. The molecule has 4 rings (SSSR count). The molecule has 7 nitrogen and oxygen atoms in total. The lowest BCUT2D eigenvalue weighted by atomic mass is 10.1. The van der Waals surface area contributed by atoms with Crippen molar-refractivity contribution in [3.63, 3.8) is 0 Å². The number of aryl methyl sites for hydroxylation is 2. The van der Waals surface area contributed by atoms with Gasteiger partial charge in [-0.15, -0.1) is 0 Å². The molecular formula is C29H28N2O5S2. The van der Waals surface area contributed by atoms with Crippen molar-refractivity contribution in [1.82, 2.24) is 0 Å². The minimum Gasteiger partial charge on any atom is -0.494 e. The molecule has 1 saturated heterocycles. The number of methoxy groups -OCH3 is 1. The Morgan fingerprint density at radius 1 is 1.03 bits per heavy atom. The second kappa shape index (κ2) is 12.1. The largest absolute Gasteiger partial charge is 0.494 e. The average molecular weight is 549 g/mol. The molecule has 0 radical (unpaired) electrons. The summed E-state index contributed by atoms with van der Waals surface area (Å²) in [6, 6.07) is 18.4. The van der Waals surface area contributed by atoms with Gasteiger partial charge in [0.25, 0.3) is 11.8 Å². The Kier molecular flexibility index (Phi) is 8.70. The van der Waals surface area contributed by atoms with Crippen LogP contribution in [-0.4, -0.2) is 36.5 Å². The van der Waals surface area contributed by atoms with Gasteiger partial charge in [0.1, 0.15) is 5.75 Å². The van der Waals surface area contributed by atoms with Crippen LogP contribution >= 0.6 is 24.0 Å². The lowest BCUT2D eigenvalue weighted by molar-refractivity contribution is -0.118. The fraction of sp³-hybridized carbons (Fsp3) is 0.207. The quantitative estimate of drug-likeness (QED) is 0.254. The summed E-state index contributed by atoms with van der Waals surface area (Å²) in [5.41, 5.74) is 4.20. The highest BCUT2D eigenvalue weighted by atomic mass is 32.2. The first kappa shape index (κ1) is 27.2. The van der Waals surface area contributed by atoms with Crippen LogP contribution in [0.4, 0.5) is 11.4 Å². The van der Waals surface area contributed by atoms with Crippen molar-refractivity contribution < 1.29 is 23.8 Å². The highest BCUT2D eigenvalue weighted by Crippen LogP contribution is 2.37. The summed E-state index contributed by atoms with van der Waals surface area (Å²) in [5.74, 6) is 1.12. The van der Waals surface area contributed by atoms with Gasteiger partial charge in [0.15, 0.2) is 22.4 Å². The molecule has 0 atom stereocenters. The van der Waals surface area contributed by atoms with Crippen molar-refractivity contribution >= 4 is 57.6 Å². The van der Waals surface area contributed by atoms with Crippen molar-refractivity contribution in [3.05, 3.63) is 82.3 Å². The summed E-state index contributed by atoms with van der Waals surface area (Å²) in [6.07, 6.45) is 1.76. The van der Waals surface area contributed by atoms with Crippen molar-refractivity contribution in [2.24, 2.45) is 0 Å². The Hall–Kier alpha value is -3.82. The summed E-state index contributed by atoms with van der Waals surface area (Å²) >= 11 is 6.71. The molecule has 196 valence electrons. The van der Waals surface area contributed by atoms with Crippen LogP contribution in [0, 0.1) is 13.8 Å². The number of thioether (sulfide) groups is 1. The zero-order valence-electron chi connectivity index (χ0n) is 21.6. The van der Waals surface area contributed by atoms with Crippen LogP contribution in [0.15, 0.2) is 65.6 Å². The van der Waals surface area contributed by atoms with Gasteiger partial charge in [0, 0.05) is 5.69 Å². The molecule has 1 aliphatic heterocycles. The van der Waals surface area contributed by atoms with Crippen molar-refractivity contribution in [1.29, 1.82) is 0 Å². The van der Waals surface area contributed by atoms with E-state index >= 15 is 0 Å². The second-order valence-corrected chi connectivity index (χ2v) is 10.2. The van der Waals surface area contributed by atoms with Gasteiger partial charge in [-0.05, 0) is 86.0 Å². The number of rotatable bonds is 9. The first-order chi connectivity index (χ1) is 18.3. The van der Waals surface area contributed by atoms with Gasteiger partial charge in [-0.1, -0.05) is 42.2 Å². The maximum absolute atomic E-state index is 13.1. The monoisotopic (exact) mass is 548 g/mol. The number of hydrogen-bond acceptors (Lipinski definition) is 7. The molecule has 1 aliphatic rings. The normalized spacial score (nSPS) is 14.1. The smallest absolute Gasteiger partial charge is 0.270 e. The van der Waals surface area contributed by atoms with E-state index < -0.39 is 0 Å². The van der Waals surface area contributed by atoms with E-state index in [0.29, 0.717) is 33.0 Å². The summed E-state index contributed by atoms with van der Waals surface area (Å²) in [5, 5.41) is 2.88. The number of nitrogens with one attached hydrogen (secondary N) is 1. The number of thiocarbonyl (C=S) groups is 1. The number of amides is 2. The molecule has 3 aromatic rings. The first-order valence-corrected chi connectivity index (χ1v) is 13.2. The number of anilines is 2. The second-order valence-electron chi connectivity index (χ2n) is 8.51. The van der Waals surface area contributed by atoms with Gasteiger partial charge in [-0.3, -0.25) is 14.5 Å². The number of ether oxygens (including phenoxy) is 3. The van der Waals surface area contributed by atoms with Crippen LogP contribution in [0.1, 0.15) is 23.6 Å². The van der Waals surface area contributed by atoms with Gasteiger partial charge >= 0.3 is 0 Å². The third kappa shape index (κ3) is 6.35. The molecule has 1 heterocycles. The third-order valence-electron chi connectivity index (χ3n) is 5.71. The third-order valence-corrected chi connectivity index (χ3v) is 7.01. The highest BCUT2D eigenvalue weighted by molar-refractivity contribution is 8.27. The molecule has 9 heteroatoms. The molecule has 1 fully saturated rings. The maximum Gasteiger partial charge on any atom is 0.270 e. The zero-order valence-corrected chi connectivity index (χ0v) is 23.2. The predicted octanol–water partition coefficient (Wildman–Crippen LogP) is 6.13. The van der Waals surface area contributed by atoms with E-state index in [1.165, 1.54) is 23.8 Å². The van der Waals surface area contributed by atoms with Crippen LogP contribution in [0.5, 0.6) is 17.2 Å². The molecule has 0 aliphatic carbocycles. The lowest BCUT2D eigenvalue weighted by Gasteiger charge is -2.15. The van der Waals surface area contributed by atoms with Crippen molar-refractivity contribution in [2.75, 3.05) is 30.5 Å². The van der Waals surface area contributed by atoms with Gasteiger partial charge in [0.05, 0.1) is 24.3 Å². The SMILES string of the molecule is CCOc1ccc(N2C(=O)/C(=C/c3ccc(OCC(=O)Nc4cc(C)ccc4C)c(OC)c3)SC2=S)cc1. The fourth-order valence-electron chi connectivity index (χ4n) is 3.79. The van der Waals surface area contributed by atoms with Gasteiger partial charge in [-0.25, -0.2) is 0 Å². The average Bonchev–Trinajstić information content (AvgIpc) is 3.18. The van der Waals surface area contributed by atoms with E-state index in [0.717, 1.165) is 28.1 Å². The lowest BCUT2D eigenvalue weighted by Crippen LogP contribution is -2.27. The van der Waals surface area contributed by atoms with Crippen LogP contribution in [0.25, 0.3) is 6.08 Å². The van der Waals surface area contributed by atoms with E-state index in [-0.39, 0.29) is 18.4 Å². The molecule has 0 saturated carbocycles. The highest BCUT2D eigenvalue weighted by Gasteiger charge is 2.33. The van der Waals surface area contributed by atoms with Crippen LogP contribution in [0.3, 0.4) is 0 Å². The summed E-state index contributed by atoms with van der Waals surface area (Å²) in [6.45, 7) is 6.21. The minimum absolute atomic E-state index is 0.177. The van der Waals surface area contributed by atoms with Gasteiger partial charge in [-0.2, -0.15) is 0 Å². The topological polar surface area (TPSA) is 77.1 Å². The van der Waals surface area contributed by atoms with Crippen LogP contribution in [0.2, 0.25) is 0 Å². The Labute approximate surface area is 231 Å². The Morgan fingerprint density at radius 3 is 2.50 bits per heavy atom. The molecule has 38 heavy (non-hydrogen) atoms. The molecular weight excluding hydrogens is 520 g/mol. The van der Waals surface area contributed by atoms with Gasteiger partial charge in [0.2, 0.25) is 0 Å². The Balaban J connectivity index is 1.44. The van der Waals surface area contributed by atoms with Crippen LogP contribution < -0.4 is 24.4 Å². The number of carbonyl (C=O) groups excluding carboxylic acids is 2. The van der Waals surface area contributed by atoms with E-state index in [9.17, 15) is 9.59 Å². The van der Waals surface area contributed by atoms with E-state index in [1.54, 1.807) is 24.3 Å². The van der Waals surface area contributed by atoms with Crippen molar-refractivity contribution in [2.45, 2.75) is 20.8 Å². The van der Waals surface area contributed by atoms with Crippen LogP contribution in [-0.2, 0) is 9.59 Å². The van der Waals surface area contributed by atoms with E-state index in [1.807, 2.05) is 63.2 Å². The zero-order chi connectivity index (χ0) is 27.2. The Bertz CT molecular complexity index is 1400. The number of nitrogens with zero attached hydrogens (tertiary/aromatic N) is 1. The summed E-state index contributed by atoms with van der Waals surface area (Å²) < 4.78 is 17.1. The minimum atomic E-state index is -0.275. The molecule has 1 N–H and O–H groups in total. The number of benzene rings is 3. The van der Waals surface area contributed by atoms with E-state index in [4.69, 9.17) is 26.4 Å². The first-order valence-electron chi connectivity index (χ1n) is 12.0. The van der Waals surface area contributed by atoms with Crippen molar-refractivity contribution in [3.8, 4) is 17.2 Å². The molecule has 0 aromatic heterocycles. The molecule has 2 amide bonds. The summed E-state index contributed by atoms with van der Waals surface area (Å²) in [7, 11) is 1.52. The predicted molar refractivity (Wildman–Crippen MR) is 156 cm³/mol. The molecule has 0 unspecified atom stereocenters. The standard InChI is InChI=1S/C29H28N2O5S2/c1-5-35-22-11-9-21(10-12-22)31-28(33)26(38-29(31)37)16-20-8-13-24(25(15-20)34-4)36-17-27(32)30-23-14-18(2)6-7-19(23)3/h6-16H,5,17H2,1-4H3,(H,30,32)/b26-16-. The molecule has 0 bridgehead atoms. The fourth-order valence-corrected chi connectivity index (χ4v) is 5.09. The van der Waals surface area contributed by atoms with Gasteiger partial charge < -0.3 is 19.5 Å². The maximum atomic E-state index is 13.1.